The lowest BCUT2D eigenvalue weighted by Crippen LogP contribution is -2.21. The summed E-state index contributed by atoms with van der Waals surface area (Å²) in [5.74, 6) is 5.24. The van der Waals surface area contributed by atoms with Crippen molar-refractivity contribution in [3.63, 3.8) is 0 Å². The molecule has 0 bridgehead atoms. The van der Waals surface area contributed by atoms with Gasteiger partial charge in [-0.25, -0.2) is 4.79 Å². The fraction of sp³-hybridized carbons (Fsp3) is 0.308. The summed E-state index contributed by atoms with van der Waals surface area (Å²) in [7, 11) is 0. The number of benzene rings is 1. The van der Waals surface area contributed by atoms with E-state index in [1.54, 1.807) is 6.07 Å². The Morgan fingerprint density at radius 3 is 2.61 bits per heavy atom. The maximum absolute atomic E-state index is 11.6. The number of hydrazine groups is 1. The molecule has 0 atom stereocenters. The molecule has 2 rings (SSSR count). The molecule has 2 aromatic rings. The van der Waals surface area contributed by atoms with Gasteiger partial charge >= 0.3 is 5.63 Å². The Kier molecular flexibility index (Phi) is 3.53. The Morgan fingerprint density at radius 2 is 2.00 bits per heavy atom. The maximum atomic E-state index is 11.6. The number of hydrogen-bond acceptors (Lipinski definition) is 5. The molecule has 5 nitrogen and oxygen atoms in total. The first-order valence-corrected chi connectivity index (χ1v) is 5.99. The Bertz CT molecular complexity index is 603. The smallest absolute Gasteiger partial charge is 0.361 e. The number of rotatable bonds is 4. The summed E-state index contributed by atoms with van der Waals surface area (Å²) in [4.78, 5) is 13.8. The van der Waals surface area contributed by atoms with E-state index in [2.05, 4.69) is 24.2 Å². The van der Waals surface area contributed by atoms with Crippen molar-refractivity contribution in [1.82, 2.24) is 0 Å². The Labute approximate surface area is 105 Å². The average Bonchev–Trinajstić information content (AvgIpc) is 2.39. The van der Waals surface area contributed by atoms with E-state index in [1.807, 2.05) is 18.2 Å². The van der Waals surface area contributed by atoms with Crippen LogP contribution in [0.3, 0.4) is 0 Å². The van der Waals surface area contributed by atoms with E-state index in [-0.39, 0.29) is 5.69 Å². The molecule has 0 amide bonds. The van der Waals surface area contributed by atoms with Gasteiger partial charge in [0, 0.05) is 30.2 Å². The second-order valence-corrected chi connectivity index (χ2v) is 3.99. The number of nitrogens with one attached hydrogen (secondary N) is 1. The summed E-state index contributed by atoms with van der Waals surface area (Å²) in [6, 6.07) is 7.50. The molecule has 0 radical (unpaired) electrons. The van der Waals surface area contributed by atoms with Crippen molar-refractivity contribution in [2.75, 3.05) is 23.4 Å². The summed E-state index contributed by atoms with van der Waals surface area (Å²) in [6.07, 6.45) is 0. The lowest BCUT2D eigenvalue weighted by atomic mass is 10.2. The first-order chi connectivity index (χ1) is 8.69. The predicted octanol–water partition coefficient (Wildman–Crippen LogP) is 1.92. The first kappa shape index (κ1) is 12.4. The monoisotopic (exact) mass is 247 g/mol. The SMILES string of the molecule is CCN(CC)c1ccc2cc(NN)c(=O)oc2c1. The van der Waals surface area contributed by atoms with Crippen molar-refractivity contribution >= 4 is 22.3 Å². The van der Waals surface area contributed by atoms with Gasteiger partial charge in [0.05, 0.1) is 0 Å². The molecule has 0 spiro atoms. The largest absolute Gasteiger partial charge is 0.421 e. The molecule has 0 aliphatic carbocycles. The first-order valence-electron chi connectivity index (χ1n) is 5.99. The van der Waals surface area contributed by atoms with Gasteiger partial charge in [-0.2, -0.15) is 0 Å². The van der Waals surface area contributed by atoms with Crippen LogP contribution in [-0.2, 0) is 0 Å². The van der Waals surface area contributed by atoms with Gasteiger partial charge in [0.2, 0.25) is 0 Å². The molecule has 5 heteroatoms. The number of anilines is 2. The highest BCUT2D eigenvalue weighted by atomic mass is 16.4. The molecular formula is C13H17N3O2. The van der Waals surface area contributed by atoms with Crippen LogP contribution in [0.2, 0.25) is 0 Å². The number of nitrogen functional groups attached to an aromatic ring is 1. The zero-order valence-corrected chi connectivity index (χ0v) is 10.6. The maximum Gasteiger partial charge on any atom is 0.361 e. The van der Waals surface area contributed by atoms with Crippen LogP contribution < -0.4 is 21.8 Å². The number of nitrogens with two attached hydrogens (primary N) is 1. The van der Waals surface area contributed by atoms with Crippen LogP contribution in [0.5, 0.6) is 0 Å². The molecule has 0 saturated carbocycles. The summed E-state index contributed by atoms with van der Waals surface area (Å²) in [6.45, 7) is 6.00. The molecule has 1 aromatic carbocycles. The Hall–Kier alpha value is -2.01. The topological polar surface area (TPSA) is 71.5 Å². The highest BCUT2D eigenvalue weighted by molar-refractivity contribution is 5.82. The fourth-order valence-electron chi connectivity index (χ4n) is 1.99. The molecule has 0 aliphatic rings. The third kappa shape index (κ3) is 2.17. The third-order valence-electron chi connectivity index (χ3n) is 3.00. The van der Waals surface area contributed by atoms with Gasteiger partial charge in [0.1, 0.15) is 11.3 Å². The normalized spacial score (nSPS) is 10.6. The second kappa shape index (κ2) is 5.10. The Morgan fingerprint density at radius 1 is 1.28 bits per heavy atom. The zero-order valence-electron chi connectivity index (χ0n) is 10.6. The van der Waals surface area contributed by atoms with Gasteiger partial charge in [0.25, 0.3) is 0 Å². The summed E-state index contributed by atoms with van der Waals surface area (Å²) >= 11 is 0. The van der Waals surface area contributed by atoms with Crippen molar-refractivity contribution in [1.29, 1.82) is 0 Å². The zero-order chi connectivity index (χ0) is 13.1. The second-order valence-electron chi connectivity index (χ2n) is 3.99. The van der Waals surface area contributed by atoms with E-state index in [1.165, 1.54) is 0 Å². The van der Waals surface area contributed by atoms with Crippen LogP contribution in [0.4, 0.5) is 11.4 Å². The summed E-state index contributed by atoms with van der Waals surface area (Å²) in [5, 5.41) is 0.846. The van der Waals surface area contributed by atoms with Crippen molar-refractivity contribution in [3.05, 3.63) is 34.7 Å². The van der Waals surface area contributed by atoms with Gasteiger partial charge in [-0.15, -0.1) is 0 Å². The summed E-state index contributed by atoms with van der Waals surface area (Å²) in [5.41, 5.74) is 3.75. The molecule has 18 heavy (non-hydrogen) atoms. The molecule has 1 aromatic heterocycles. The summed E-state index contributed by atoms with van der Waals surface area (Å²) < 4.78 is 5.24. The van der Waals surface area contributed by atoms with Gasteiger partial charge in [-0.05, 0) is 32.0 Å². The number of nitrogens with zero attached hydrogens (tertiary/aromatic N) is 1. The Balaban J connectivity index is 2.55. The molecule has 0 fully saturated rings. The van der Waals surface area contributed by atoms with E-state index < -0.39 is 5.63 Å². The molecule has 0 saturated heterocycles. The number of hydrogen-bond donors (Lipinski definition) is 2. The minimum absolute atomic E-state index is 0.262. The molecule has 0 unspecified atom stereocenters. The fourth-order valence-corrected chi connectivity index (χ4v) is 1.99. The van der Waals surface area contributed by atoms with Crippen LogP contribution >= 0.6 is 0 Å². The van der Waals surface area contributed by atoms with Crippen LogP contribution in [0.15, 0.2) is 33.5 Å². The van der Waals surface area contributed by atoms with E-state index in [0.717, 1.165) is 24.2 Å². The van der Waals surface area contributed by atoms with Crippen molar-refractivity contribution < 1.29 is 4.42 Å². The van der Waals surface area contributed by atoms with Gasteiger partial charge in [-0.1, -0.05) is 0 Å². The van der Waals surface area contributed by atoms with E-state index >= 15 is 0 Å². The predicted molar refractivity (Wildman–Crippen MR) is 73.9 cm³/mol. The van der Waals surface area contributed by atoms with Crippen molar-refractivity contribution in [2.24, 2.45) is 5.84 Å². The average molecular weight is 247 g/mol. The standard InChI is InChI=1S/C13H17N3O2/c1-3-16(4-2)10-6-5-9-7-11(15-14)13(17)18-12(9)8-10/h5-8,15H,3-4,14H2,1-2H3. The van der Waals surface area contributed by atoms with E-state index in [4.69, 9.17) is 10.3 Å². The molecular weight excluding hydrogens is 230 g/mol. The molecule has 3 N–H and O–H groups in total. The van der Waals surface area contributed by atoms with Gasteiger partial charge in [0.15, 0.2) is 0 Å². The highest BCUT2D eigenvalue weighted by Crippen LogP contribution is 2.22. The molecule has 0 aliphatic heterocycles. The van der Waals surface area contributed by atoms with Crippen molar-refractivity contribution in [2.45, 2.75) is 13.8 Å². The molecule has 1 heterocycles. The molecule has 96 valence electrons. The van der Waals surface area contributed by atoms with E-state index in [0.29, 0.717) is 5.58 Å². The lowest BCUT2D eigenvalue weighted by Gasteiger charge is -2.20. The quantitative estimate of drug-likeness (QED) is 0.490. The highest BCUT2D eigenvalue weighted by Gasteiger charge is 2.07. The minimum atomic E-state index is -0.457. The third-order valence-corrected chi connectivity index (χ3v) is 3.00. The van der Waals surface area contributed by atoms with Gasteiger partial charge in [-0.3, -0.25) is 5.84 Å². The van der Waals surface area contributed by atoms with Crippen LogP contribution in [0.25, 0.3) is 11.0 Å². The van der Waals surface area contributed by atoms with Crippen molar-refractivity contribution in [3.8, 4) is 0 Å². The number of fused-ring (bicyclic) bond motifs is 1. The van der Waals surface area contributed by atoms with Crippen LogP contribution in [0.1, 0.15) is 13.8 Å². The lowest BCUT2D eigenvalue weighted by molar-refractivity contribution is 0.563. The van der Waals surface area contributed by atoms with Gasteiger partial charge < -0.3 is 14.7 Å². The minimum Gasteiger partial charge on any atom is -0.421 e. The van der Waals surface area contributed by atoms with Crippen LogP contribution in [-0.4, -0.2) is 13.1 Å². The van der Waals surface area contributed by atoms with E-state index in [9.17, 15) is 4.79 Å². The van der Waals surface area contributed by atoms with Crippen LogP contribution in [0, 0.1) is 0 Å².